The fraction of sp³-hybridized carbons (Fsp3) is 0.333. The molecule has 2 aromatic rings. The molecule has 2 aromatic carbocycles. The third kappa shape index (κ3) is 5.00. The number of esters is 1. The summed E-state index contributed by atoms with van der Waals surface area (Å²) in [6.07, 6.45) is 2.45. The summed E-state index contributed by atoms with van der Waals surface area (Å²) in [6.45, 7) is 1.84. The molecule has 1 heterocycles. The number of amides is 1. The van der Waals surface area contributed by atoms with Gasteiger partial charge in [-0.1, -0.05) is 6.07 Å². The lowest BCUT2D eigenvalue weighted by Gasteiger charge is -2.17. The zero-order chi connectivity index (χ0) is 19.2. The molecule has 27 heavy (non-hydrogen) atoms. The molecule has 0 unspecified atom stereocenters. The highest BCUT2D eigenvalue weighted by Crippen LogP contribution is 2.22. The van der Waals surface area contributed by atoms with Crippen LogP contribution in [0.15, 0.2) is 48.5 Å². The van der Waals surface area contributed by atoms with E-state index >= 15 is 0 Å². The molecule has 0 spiro atoms. The maximum atomic E-state index is 12.1. The molecule has 1 fully saturated rings. The highest BCUT2D eigenvalue weighted by Gasteiger charge is 2.13. The molecule has 1 N–H and O–H groups in total. The van der Waals surface area contributed by atoms with Crippen molar-refractivity contribution in [2.45, 2.75) is 12.8 Å². The molecule has 0 aromatic heterocycles. The summed E-state index contributed by atoms with van der Waals surface area (Å²) in [6, 6.07) is 14.8. The number of hydrogen-bond donors (Lipinski definition) is 1. The number of ether oxygens (including phenoxy) is 1. The summed E-state index contributed by atoms with van der Waals surface area (Å²) >= 11 is 0. The van der Waals surface area contributed by atoms with Gasteiger partial charge in [0.2, 0.25) is 0 Å². The van der Waals surface area contributed by atoms with Crippen LogP contribution in [0.3, 0.4) is 0 Å². The monoisotopic (exact) mass is 367 g/mol. The second kappa shape index (κ2) is 8.58. The molecule has 142 valence electrons. The van der Waals surface area contributed by atoms with Gasteiger partial charge in [-0.05, 0) is 55.3 Å². The molecule has 0 bridgehead atoms. The van der Waals surface area contributed by atoms with Crippen LogP contribution in [-0.4, -0.2) is 45.7 Å². The summed E-state index contributed by atoms with van der Waals surface area (Å²) in [5, 5.41) is 2.75. The first kappa shape index (κ1) is 18.8. The maximum Gasteiger partial charge on any atom is 0.338 e. The fourth-order valence-corrected chi connectivity index (χ4v) is 3.05. The lowest BCUT2D eigenvalue weighted by Crippen LogP contribution is -2.21. The van der Waals surface area contributed by atoms with Gasteiger partial charge < -0.3 is 19.9 Å². The lowest BCUT2D eigenvalue weighted by molar-refractivity contribution is -0.119. The Morgan fingerprint density at radius 1 is 1.07 bits per heavy atom. The van der Waals surface area contributed by atoms with Crippen LogP contribution in [0, 0.1) is 0 Å². The fourth-order valence-electron chi connectivity index (χ4n) is 3.05. The third-order valence-electron chi connectivity index (χ3n) is 4.55. The van der Waals surface area contributed by atoms with Crippen molar-refractivity contribution < 1.29 is 14.3 Å². The summed E-state index contributed by atoms with van der Waals surface area (Å²) in [4.78, 5) is 28.4. The Bertz CT molecular complexity index is 797. The van der Waals surface area contributed by atoms with Gasteiger partial charge in [-0.2, -0.15) is 0 Å². The average molecular weight is 367 g/mol. The van der Waals surface area contributed by atoms with Crippen LogP contribution in [0.2, 0.25) is 0 Å². The van der Waals surface area contributed by atoms with Crippen LogP contribution in [-0.2, 0) is 9.53 Å². The Morgan fingerprint density at radius 2 is 1.78 bits per heavy atom. The summed E-state index contributed by atoms with van der Waals surface area (Å²) in [5.41, 5.74) is 3.17. The number of anilines is 3. The quantitative estimate of drug-likeness (QED) is 0.795. The first-order valence-corrected chi connectivity index (χ1v) is 9.12. The van der Waals surface area contributed by atoms with Gasteiger partial charge in [0.15, 0.2) is 6.61 Å². The van der Waals surface area contributed by atoms with Crippen molar-refractivity contribution in [3.8, 4) is 0 Å². The maximum absolute atomic E-state index is 12.1. The number of carbonyl (C=O) groups is 2. The number of hydrogen-bond acceptors (Lipinski definition) is 5. The number of benzene rings is 2. The second-order valence-corrected chi connectivity index (χ2v) is 6.81. The Hall–Kier alpha value is -3.02. The molecule has 3 rings (SSSR count). The number of nitrogens with zero attached hydrogens (tertiary/aromatic N) is 2. The van der Waals surface area contributed by atoms with Crippen LogP contribution in [0.25, 0.3) is 0 Å². The first-order valence-electron chi connectivity index (χ1n) is 9.12. The number of rotatable bonds is 6. The molecular formula is C21H25N3O3. The predicted molar refractivity (Wildman–Crippen MR) is 108 cm³/mol. The van der Waals surface area contributed by atoms with Crippen molar-refractivity contribution in [2.24, 2.45) is 0 Å². The zero-order valence-corrected chi connectivity index (χ0v) is 15.8. The van der Waals surface area contributed by atoms with Crippen molar-refractivity contribution in [3.63, 3.8) is 0 Å². The molecule has 1 aliphatic rings. The van der Waals surface area contributed by atoms with E-state index in [0.717, 1.165) is 24.5 Å². The summed E-state index contributed by atoms with van der Waals surface area (Å²) in [5.74, 6) is -0.876. The first-order chi connectivity index (χ1) is 13.0. The highest BCUT2D eigenvalue weighted by molar-refractivity contribution is 5.96. The van der Waals surface area contributed by atoms with Gasteiger partial charge in [0.05, 0.1) is 5.56 Å². The van der Waals surface area contributed by atoms with Crippen LogP contribution in [0.1, 0.15) is 23.2 Å². The molecule has 6 nitrogen and oxygen atoms in total. The van der Waals surface area contributed by atoms with Crippen molar-refractivity contribution in [1.29, 1.82) is 0 Å². The van der Waals surface area contributed by atoms with Gasteiger partial charge >= 0.3 is 5.97 Å². The van der Waals surface area contributed by atoms with Gasteiger partial charge in [-0.3, -0.25) is 4.79 Å². The summed E-state index contributed by atoms with van der Waals surface area (Å²) < 4.78 is 5.12. The van der Waals surface area contributed by atoms with Crippen LogP contribution in [0.5, 0.6) is 0 Å². The van der Waals surface area contributed by atoms with Gasteiger partial charge in [-0.25, -0.2) is 4.79 Å². The smallest absolute Gasteiger partial charge is 0.338 e. The second-order valence-electron chi connectivity index (χ2n) is 6.81. The normalized spacial score (nSPS) is 13.3. The molecule has 1 aliphatic heterocycles. The van der Waals surface area contributed by atoms with Crippen LogP contribution < -0.4 is 15.1 Å². The van der Waals surface area contributed by atoms with E-state index in [2.05, 4.69) is 10.2 Å². The van der Waals surface area contributed by atoms with E-state index in [9.17, 15) is 9.59 Å². The van der Waals surface area contributed by atoms with Crippen molar-refractivity contribution in [2.75, 3.05) is 48.9 Å². The Kier molecular flexibility index (Phi) is 5.96. The lowest BCUT2D eigenvalue weighted by atomic mass is 10.2. The van der Waals surface area contributed by atoms with Crippen LogP contribution >= 0.6 is 0 Å². The number of carbonyl (C=O) groups excluding carboxylic acids is 2. The minimum Gasteiger partial charge on any atom is -0.452 e. The molecule has 6 heteroatoms. The van der Waals surface area contributed by atoms with Crippen LogP contribution in [0.4, 0.5) is 17.1 Å². The van der Waals surface area contributed by atoms with Crippen molar-refractivity contribution >= 4 is 28.9 Å². The molecule has 1 amide bonds. The van der Waals surface area contributed by atoms with Gasteiger partial charge in [0, 0.05) is 44.2 Å². The molecule has 0 aliphatic carbocycles. The Balaban J connectivity index is 1.50. The standard InChI is InChI=1S/C21H25N3O3/c1-23(2)19-7-5-6-16(14-19)21(26)27-15-20(25)22-17-8-10-18(11-9-17)24-12-3-4-13-24/h5-11,14H,3-4,12-13,15H2,1-2H3,(H,22,25). The molecule has 1 saturated heterocycles. The highest BCUT2D eigenvalue weighted by atomic mass is 16.5. The molecular weight excluding hydrogens is 342 g/mol. The third-order valence-corrected chi connectivity index (χ3v) is 4.55. The molecule has 0 radical (unpaired) electrons. The van der Waals surface area contributed by atoms with E-state index in [-0.39, 0.29) is 12.5 Å². The van der Waals surface area contributed by atoms with E-state index in [4.69, 9.17) is 4.74 Å². The topological polar surface area (TPSA) is 61.9 Å². The molecule has 0 atom stereocenters. The van der Waals surface area contributed by atoms with Gasteiger partial charge in [0.25, 0.3) is 5.91 Å². The van der Waals surface area contributed by atoms with Gasteiger partial charge in [0.1, 0.15) is 0 Å². The SMILES string of the molecule is CN(C)c1cccc(C(=O)OCC(=O)Nc2ccc(N3CCCC3)cc2)c1. The van der Waals surface area contributed by atoms with Gasteiger partial charge in [-0.15, -0.1) is 0 Å². The van der Waals surface area contributed by atoms with E-state index < -0.39 is 5.97 Å². The minimum atomic E-state index is -0.516. The van der Waals surface area contributed by atoms with E-state index in [0.29, 0.717) is 11.3 Å². The predicted octanol–water partition coefficient (Wildman–Crippen LogP) is 3.15. The average Bonchev–Trinajstić information content (AvgIpc) is 3.21. The van der Waals surface area contributed by atoms with E-state index in [1.165, 1.54) is 12.8 Å². The molecule has 0 saturated carbocycles. The van der Waals surface area contributed by atoms with E-state index in [1.807, 2.05) is 49.3 Å². The van der Waals surface area contributed by atoms with Crippen molar-refractivity contribution in [3.05, 3.63) is 54.1 Å². The van der Waals surface area contributed by atoms with E-state index in [1.54, 1.807) is 18.2 Å². The summed E-state index contributed by atoms with van der Waals surface area (Å²) in [7, 11) is 3.79. The minimum absolute atomic E-state index is 0.321. The number of nitrogens with one attached hydrogen (secondary N) is 1. The van der Waals surface area contributed by atoms with Crippen molar-refractivity contribution in [1.82, 2.24) is 0 Å². The largest absolute Gasteiger partial charge is 0.452 e. The Labute approximate surface area is 159 Å². The Morgan fingerprint density at radius 3 is 2.44 bits per heavy atom. The zero-order valence-electron chi connectivity index (χ0n) is 15.8.